The van der Waals surface area contributed by atoms with Crippen LogP contribution in [0.25, 0.3) is 9.40 Å². The zero-order valence-corrected chi connectivity index (χ0v) is 11.7. The Bertz CT molecular complexity index is 623. The molecule has 0 fully saturated rings. The second kappa shape index (κ2) is 4.80. The predicted octanol–water partition coefficient (Wildman–Crippen LogP) is 3.91. The molecule has 0 aliphatic heterocycles. The van der Waals surface area contributed by atoms with Gasteiger partial charge in [-0.1, -0.05) is 6.07 Å². The first-order valence-corrected chi connectivity index (χ1v) is 7.56. The Balaban J connectivity index is 1.80. The fourth-order valence-corrected chi connectivity index (χ4v) is 4.03. The van der Waals surface area contributed by atoms with E-state index < -0.39 is 0 Å². The molecule has 0 bridgehead atoms. The van der Waals surface area contributed by atoms with Crippen molar-refractivity contribution in [1.82, 2.24) is 4.98 Å². The number of aryl methyl sites for hydroxylation is 1. The third-order valence-electron chi connectivity index (χ3n) is 2.93. The lowest BCUT2D eigenvalue weighted by molar-refractivity contribution is 0.720. The van der Waals surface area contributed by atoms with Crippen LogP contribution in [0.15, 0.2) is 35.8 Å². The molecule has 0 amide bonds. The van der Waals surface area contributed by atoms with Gasteiger partial charge in [-0.15, -0.1) is 22.7 Å². The summed E-state index contributed by atoms with van der Waals surface area (Å²) in [7, 11) is 0. The molecule has 4 heteroatoms. The molecule has 0 radical (unpaired) electrons. The lowest BCUT2D eigenvalue weighted by atomic mass is 10.1. The third kappa shape index (κ3) is 2.32. The summed E-state index contributed by atoms with van der Waals surface area (Å²) >= 11 is 3.57. The van der Waals surface area contributed by atoms with Crippen molar-refractivity contribution in [3.8, 4) is 0 Å². The SMILES string of the molecule is Cc1ccc(CC(N)c2cc3sccc3s2)nc1. The largest absolute Gasteiger partial charge is 0.323 e. The lowest BCUT2D eigenvalue weighted by Gasteiger charge is -2.08. The Morgan fingerprint density at radius 3 is 2.89 bits per heavy atom. The highest BCUT2D eigenvalue weighted by atomic mass is 32.1. The summed E-state index contributed by atoms with van der Waals surface area (Å²) in [4.78, 5) is 5.66. The average molecular weight is 274 g/mol. The first kappa shape index (κ1) is 11.8. The molecule has 0 saturated carbocycles. The fourth-order valence-electron chi connectivity index (χ4n) is 1.91. The van der Waals surface area contributed by atoms with Gasteiger partial charge in [0.25, 0.3) is 0 Å². The molecule has 0 aliphatic carbocycles. The number of fused-ring (bicyclic) bond motifs is 1. The van der Waals surface area contributed by atoms with Crippen molar-refractivity contribution in [2.24, 2.45) is 5.73 Å². The molecule has 0 aromatic carbocycles. The normalized spacial score (nSPS) is 13.0. The second-order valence-electron chi connectivity index (χ2n) is 4.44. The monoisotopic (exact) mass is 274 g/mol. The molecule has 2 nitrogen and oxygen atoms in total. The quantitative estimate of drug-likeness (QED) is 0.786. The predicted molar refractivity (Wildman–Crippen MR) is 79.3 cm³/mol. The zero-order chi connectivity index (χ0) is 12.5. The van der Waals surface area contributed by atoms with Crippen molar-refractivity contribution in [3.05, 3.63) is 52.0 Å². The summed E-state index contributed by atoms with van der Waals surface area (Å²) in [5, 5.41) is 2.12. The molecule has 2 N–H and O–H groups in total. The van der Waals surface area contributed by atoms with Crippen LogP contribution in [0.3, 0.4) is 0 Å². The molecule has 3 aromatic heterocycles. The molecule has 1 atom stereocenters. The lowest BCUT2D eigenvalue weighted by Crippen LogP contribution is -2.12. The Kier molecular flexibility index (Phi) is 3.16. The third-order valence-corrected chi connectivity index (χ3v) is 5.15. The van der Waals surface area contributed by atoms with Gasteiger partial charge in [-0.3, -0.25) is 4.98 Å². The van der Waals surface area contributed by atoms with Gasteiger partial charge in [0.2, 0.25) is 0 Å². The Morgan fingerprint density at radius 1 is 1.28 bits per heavy atom. The van der Waals surface area contributed by atoms with Crippen LogP contribution in [-0.4, -0.2) is 4.98 Å². The van der Waals surface area contributed by atoms with E-state index in [9.17, 15) is 0 Å². The van der Waals surface area contributed by atoms with E-state index in [1.54, 1.807) is 22.7 Å². The number of hydrogen-bond donors (Lipinski definition) is 1. The minimum absolute atomic E-state index is 0.0461. The molecule has 0 saturated heterocycles. The molecular weight excluding hydrogens is 260 g/mol. The van der Waals surface area contributed by atoms with Crippen molar-refractivity contribution < 1.29 is 0 Å². The highest BCUT2D eigenvalue weighted by molar-refractivity contribution is 7.26. The summed E-state index contributed by atoms with van der Waals surface area (Å²) in [5.74, 6) is 0. The van der Waals surface area contributed by atoms with E-state index in [-0.39, 0.29) is 6.04 Å². The molecule has 3 aromatic rings. The van der Waals surface area contributed by atoms with Crippen LogP contribution in [0.1, 0.15) is 22.2 Å². The van der Waals surface area contributed by atoms with E-state index in [0.717, 1.165) is 12.1 Å². The Morgan fingerprint density at radius 2 is 2.17 bits per heavy atom. The van der Waals surface area contributed by atoms with Gasteiger partial charge in [0.1, 0.15) is 0 Å². The van der Waals surface area contributed by atoms with Crippen LogP contribution in [0, 0.1) is 6.92 Å². The van der Waals surface area contributed by atoms with Gasteiger partial charge in [-0.2, -0.15) is 0 Å². The summed E-state index contributed by atoms with van der Waals surface area (Å²) < 4.78 is 2.67. The molecule has 1 unspecified atom stereocenters. The molecule has 0 aliphatic rings. The fraction of sp³-hybridized carbons (Fsp3) is 0.214. The smallest absolute Gasteiger partial charge is 0.0454 e. The topological polar surface area (TPSA) is 38.9 Å². The van der Waals surface area contributed by atoms with E-state index in [0.29, 0.717) is 0 Å². The number of thiophene rings is 2. The maximum Gasteiger partial charge on any atom is 0.0454 e. The number of nitrogens with zero attached hydrogens (tertiary/aromatic N) is 1. The van der Waals surface area contributed by atoms with Crippen molar-refractivity contribution in [2.75, 3.05) is 0 Å². The van der Waals surface area contributed by atoms with Gasteiger partial charge in [-0.05, 0) is 36.1 Å². The summed E-state index contributed by atoms with van der Waals surface area (Å²) in [6.07, 6.45) is 2.70. The molecule has 0 spiro atoms. The van der Waals surface area contributed by atoms with Gasteiger partial charge in [0.05, 0.1) is 0 Å². The summed E-state index contributed by atoms with van der Waals surface area (Å²) in [6, 6.07) is 8.56. The van der Waals surface area contributed by atoms with Crippen molar-refractivity contribution in [1.29, 1.82) is 0 Å². The van der Waals surface area contributed by atoms with Gasteiger partial charge in [0, 0.05) is 38.6 Å². The van der Waals surface area contributed by atoms with Crippen LogP contribution in [0.4, 0.5) is 0 Å². The van der Waals surface area contributed by atoms with Crippen LogP contribution >= 0.6 is 22.7 Å². The average Bonchev–Trinajstić information content (AvgIpc) is 2.92. The minimum atomic E-state index is 0.0461. The minimum Gasteiger partial charge on any atom is -0.323 e. The van der Waals surface area contributed by atoms with E-state index in [1.807, 2.05) is 13.1 Å². The summed E-state index contributed by atoms with van der Waals surface area (Å²) in [6.45, 7) is 2.05. The maximum atomic E-state index is 6.26. The first-order valence-electron chi connectivity index (χ1n) is 5.86. The second-order valence-corrected chi connectivity index (χ2v) is 6.50. The maximum absolute atomic E-state index is 6.26. The standard InChI is InChI=1S/C14H14N2S2/c1-9-2-3-10(16-8-9)6-11(15)13-7-14-12(18-13)4-5-17-14/h2-5,7-8,11H,6,15H2,1H3. The molecule has 3 heterocycles. The van der Waals surface area contributed by atoms with E-state index in [2.05, 4.69) is 34.6 Å². The first-order chi connectivity index (χ1) is 8.72. The number of aromatic nitrogens is 1. The highest BCUT2D eigenvalue weighted by Crippen LogP contribution is 2.33. The van der Waals surface area contributed by atoms with Gasteiger partial charge < -0.3 is 5.73 Å². The van der Waals surface area contributed by atoms with E-state index in [4.69, 9.17) is 5.73 Å². The molecule has 18 heavy (non-hydrogen) atoms. The van der Waals surface area contributed by atoms with Gasteiger partial charge >= 0.3 is 0 Å². The van der Waals surface area contributed by atoms with Crippen LogP contribution in [-0.2, 0) is 6.42 Å². The van der Waals surface area contributed by atoms with Crippen LogP contribution in [0.5, 0.6) is 0 Å². The van der Waals surface area contributed by atoms with E-state index >= 15 is 0 Å². The van der Waals surface area contributed by atoms with Crippen LogP contribution in [0.2, 0.25) is 0 Å². The van der Waals surface area contributed by atoms with Crippen molar-refractivity contribution in [2.45, 2.75) is 19.4 Å². The van der Waals surface area contributed by atoms with Gasteiger partial charge in [-0.25, -0.2) is 0 Å². The number of nitrogens with two attached hydrogens (primary N) is 1. The Hall–Kier alpha value is -1.23. The van der Waals surface area contributed by atoms with Crippen molar-refractivity contribution in [3.63, 3.8) is 0 Å². The molecule has 3 rings (SSSR count). The number of hydrogen-bond acceptors (Lipinski definition) is 4. The number of rotatable bonds is 3. The van der Waals surface area contributed by atoms with E-state index in [1.165, 1.54) is 19.8 Å². The highest BCUT2D eigenvalue weighted by Gasteiger charge is 2.12. The summed E-state index contributed by atoms with van der Waals surface area (Å²) in [5.41, 5.74) is 8.51. The Labute approximate surface area is 114 Å². The molecule has 92 valence electrons. The number of pyridine rings is 1. The van der Waals surface area contributed by atoms with Gasteiger partial charge in [0.15, 0.2) is 0 Å². The zero-order valence-electron chi connectivity index (χ0n) is 10.1. The van der Waals surface area contributed by atoms with Crippen molar-refractivity contribution >= 4 is 32.1 Å². The molecular formula is C14H14N2S2. The van der Waals surface area contributed by atoms with Crippen LogP contribution < -0.4 is 5.73 Å².